The maximum absolute atomic E-state index is 9.68. The Bertz CT molecular complexity index is 197. The van der Waals surface area contributed by atoms with Crippen molar-refractivity contribution in [2.24, 2.45) is 5.73 Å². The van der Waals surface area contributed by atoms with E-state index in [-0.39, 0.29) is 17.0 Å². The molecule has 1 fully saturated rings. The Hall–Kier alpha value is 0.790. The number of aliphatic hydroxyl groups is 4. The second kappa shape index (κ2) is 7.99. The summed E-state index contributed by atoms with van der Waals surface area (Å²) in [6.07, 6.45) is -3.95. The third-order valence-corrected chi connectivity index (χ3v) is 5.53. The lowest BCUT2D eigenvalue weighted by atomic mass is 10.0. The van der Waals surface area contributed by atoms with E-state index in [4.69, 9.17) is 15.9 Å². The summed E-state index contributed by atoms with van der Waals surface area (Å²) in [5.74, 6) is 1.96. The largest absolute Gasteiger partial charge is 0.394 e. The van der Waals surface area contributed by atoms with Crippen molar-refractivity contribution in [3.63, 3.8) is 0 Å². The number of halogens is 1. The van der Waals surface area contributed by atoms with Crippen LogP contribution in [0.2, 0.25) is 0 Å². The fourth-order valence-corrected chi connectivity index (χ4v) is 4.29. The second-order valence-corrected chi connectivity index (χ2v) is 6.22. The molecule has 1 rings (SSSR count). The van der Waals surface area contributed by atoms with Gasteiger partial charge in [0.25, 0.3) is 0 Å². The molecule has 0 bridgehead atoms. The number of hydrogen-bond acceptors (Lipinski definition) is 7. The first kappa shape index (κ1) is 16.8. The van der Waals surface area contributed by atoms with Crippen molar-refractivity contribution in [1.29, 1.82) is 0 Å². The van der Waals surface area contributed by atoms with Crippen LogP contribution in [0.1, 0.15) is 0 Å². The van der Waals surface area contributed by atoms with Crippen molar-refractivity contribution in [1.82, 2.24) is 0 Å². The monoisotopic (exact) mass is 291 g/mol. The van der Waals surface area contributed by atoms with Gasteiger partial charge in [-0.3, -0.25) is 0 Å². The zero-order chi connectivity index (χ0) is 11.4. The number of aliphatic hydroxyl groups excluding tert-OH is 4. The summed E-state index contributed by atoms with van der Waals surface area (Å²) >= 11 is 3.28. The van der Waals surface area contributed by atoms with E-state index in [1.807, 2.05) is 0 Å². The molecule has 0 aromatic heterocycles. The molecule has 0 aromatic carbocycles. The highest BCUT2D eigenvalue weighted by molar-refractivity contribution is 8.20. The van der Waals surface area contributed by atoms with Crippen LogP contribution in [-0.4, -0.2) is 67.5 Å². The Morgan fingerprint density at radius 2 is 1.62 bits per heavy atom. The van der Waals surface area contributed by atoms with E-state index in [1.165, 1.54) is 0 Å². The molecule has 0 spiro atoms. The van der Waals surface area contributed by atoms with Gasteiger partial charge in [-0.1, -0.05) is 0 Å². The molecule has 4 atom stereocenters. The molecular weight excluding hydrogens is 274 g/mol. The first-order chi connectivity index (χ1) is 7.07. The smallest absolute Gasteiger partial charge is 0.110 e. The summed E-state index contributed by atoms with van der Waals surface area (Å²) in [7, 11) is 0. The fourth-order valence-electron chi connectivity index (χ4n) is 1.32. The van der Waals surface area contributed by atoms with Gasteiger partial charge in [0.1, 0.15) is 12.2 Å². The van der Waals surface area contributed by atoms with E-state index in [1.54, 1.807) is 23.5 Å². The highest BCUT2D eigenvalue weighted by atomic mass is 35.5. The maximum atomic E-state index is 9.68. The van der Waals surface area contributed by atoms with Gasteiger partial charge < -0.3 is 26.2 Å². The van der Waals surface area contributed by atoms with Gasteiger partial charge in [0.05, 0.1) is 23.3 Å². The van der Waals surface area contributed by atoms with Crippen LogP contribution in [0.5, 0.6) is 0 Å². The molecule has 0 radical (unpaired) electrons. The average molecular weight is 292 g/mol. The predicted molar refractivity (Wildman–Crippen MR) is 69.0 cm³/mol. The van der Waals surface area contributed by atoms with Gasteiger partial charge in [0.15, 0.2) is 0 Å². The van der Waals surface area contributed by atoms with Gasteiger partial charge in [-0.25, -0.2) is 0 Å². The van der Waals surface area contributed by atoms with Crippen LogP contribution in [0.4, 0.5) is 0 Å². The Balaban J connectivity index is 0.00000225. The molecule has 0 amide bonds. The quantitative estimate of drug-likeness (QED) is 0.425. The minimum Gasteiger partial charge on any atom is -0.394 e. The molecule has 5 nitrogen and oxygen atoms in total. The molecule has 8 heteroatoms. The van der Waals surface area contributed by atoms with Crippen molar-refractivity contribution in [2.45, 2.75) is 28.9 Å². The molecule has 1 aliphatic rings. The van der Waals surface area contributed by atoms with Crippen LogP contribution in [0.15, 0.2) is 0 Å². The summed E-state index contributed by atoms with van der Waals surface area (Å²) < 4.78 is 0.0422. The number of rotatable bonds is 5. The molecule has 1 aliphatic heterocycles. The lowest BCUT2D eigenvalue weighted by Gasteiger charge is -2.29. The van der Waals surface area contributed by atoms with Gasteiger partial charge in [0, 0.05) is 11.5 Å². The Labute approximate surface area is 109 Å². The van der Waals surface area contributed by atoms with Gasteiger partial charge in [-0.05, 0) is 0 Å². The molecular formula is C8H18ClNO4S2. The fraction of sp³-hybridized carbons (Fsp3) is 1.00. The van der Waals surface area contributed by atoms with Crippen molar-refractivity contribution in [3.8, 4) is 0 Å². The first-order valence-corrected chi connectivity index (χ1v) is 6.81. The van der Waals surface area contributed by atoms with Gasteiger partial charge in [0.2, 0.25) is 0 Å². The molecule has 0 aromatic rings. The van der Waals surface area contributed by atoms with Crippen LogP contribution < -0.4 is 5.73 Å². The Morgan fingerprint density at radius 3 is 2.06 bits per heavy atom. The number of nitrogens with two attached hydrogens (primary N) is 1. The third kappa shape index (κ3) is 4.23. The topological polar surface area (TPSA) is 107 Å². The molecule has 1 heterocycles. The van der Waals surface area contributed by atoms with E-state index in [0.29, 0.717) is 0 Å². The Morgan fingerprint density at radius 1 is 1.12 bits per heavy atom. The van der Waals surface area contributed by atoms with Crippen molar-refractivity contribution in [2.75, 3.05) is 18.1 Å². The summed E-state index contributed by atoms with van der Waals surface area (Å²) in [5, 5.41) is 36.9. The molecule has 1 saturated heterocycles. The predicted octanol–water partition coefficient (Wildman–Crippen LogP) is -1.38. The first-order valence-electron chi connectivity index (χ1n) is 4.71. The van der Waals surface area contributed by atoms with E-state index < -0.39 is 31.0 Å². The molecule has 98 valence electrons. The summed E-state index contributed by atoms with van der Waals surface area (Å²) in [4.78, 5) is 0. The number of hydrogen-bond donors (Lipinski definition) is 5. The van der Waals surface area contributed by atoms with Crippen molar-refractivity contribution < 1.29 is 20.4 Å². The van der Waals surface area contributed by atoms with E-state index >= 15 is 0 Å². The lowest BCUT2D eigenvalue weighted by Crippen LogP contribution is -2.52. The lowest BCUT2D eigenvalue weighted by molar-refractivity contribution is -0.0817. The van der Waals surface area contributed by atoms with Crippen LogP contribution in [0.25, 0.3) is 0 Å². The second-order valence-electron chi connectivity index (χ2n) is 3.42. The normalized spacial score (nSPS) is 24.6. The molecule has 0 aliphatic carbocycles. The zero-order valence-corrected chi connectivity index (χ0v) is 11.0. The number of thioether (sulfide) groups is 2. The van der Waals surface area contributed by atoms with Crippen LogP contribution in [-0.2, 0) is 0 Å². The third-order valence-electron chi connectivity index (χ3n) is 2.29. The van der Waals surface area contributed by atoms with Gasteiger partial charge in [-0.2, -0.15) is 0 Å². The average Bonchev–Trinajstić information content (AvgIpc) is 2.78. The summed E-state index contributed by atoms with van der Waals surface area (Å²) in [6, 6.07) is -0.598. The van der Waals surface area contributed by atoms with Crippen LogP contribution >= 0.6 is 35.9 Å². The molecule has 0 saturated carbocycles. The summed E-state index contributed by atoms with van der Waals surface area (Å²) in [6.45, 7) is -0.587. The molecule has 16 heavy (non-hydrogen) atoms. The molecule has 6 N–H and O–H groups in total. The van der Waals surface area contributed by atoms with Gasteiger partial charge >= 0.3 is 0 Å². The highest BCUT2D eigenvalue weighted by Crippen LogP contribution is 2.35. The van der Waals surface area contributed by atoms with E-state index in [2.05, 4.69) is 0 Å². The van der Waals surface area contributed by atoms with Gasteiger partial charge in [-0.15, -0.1) is 35.9 Å². The van der Waals surface area contributed by atoms with E-state index in [9.17, 15) is 10.2 Å². The minimum absolute atomic E-state index is 0. The minimum atomic E-state index is -1.40. The standard InChI is InChI=1S/C8H17NO4S2.ClH/c9-5(8-14-1-2-15-8)7(13)6(12)4(11)3-10;/h4-8,10-13H,1-3,9H2;1H/t4-,5-,6-,7-;/m1./s1. The Kier molecular flexibility index (Phi) is 8.39. The zero-order valence-electron chi connectivity index (χ0n) is 8.60. The van der Waals surface area contributed by atoms with Crippen LogP contribution in [0, 0.1) is 0 Å². The van der Waals surface area contributed by atoms with E-state index in [0.717, 1.165) is 11.5 Å². The van der Waals surface area contributed by atoms with Crippen LogP contribution in [0.3, 0.4) is 0 Å². The van der Waals surface area contributed by atoms with Crippen molar-refractivity contribution >= 4 is 35.9 Å². The SMILES string of the molecule is Cl.N[C@@H](C1SCCS1)[C@@H](O)[C@H](O)[C@H](O)CO. The highest BCUT2D eigenvalue weighted by Gasteiger charge is 2.35. The summed E-state index contributed by atoms with van der Waals surface area (Å²) in [5.41, 5.74) is 5.77. The van der Waals surface area contributed by atoms with Crippen molar-refractivity contribution in [3.05, 3.63) is 0 Å². The molecule has 0 unspecified atom stereocenters. The maximum Gasteiger partial charge on any atom is 0.110 e.